The van der Waals surface area contributed by atoms with Gasteiger partial charge in [0.05, 0.1) is 76.7 Å². The molecule has 0 saturated carbocycles. The van der Waals surface area contributed by atoms with Crippen LogP contribution >= 0.6 is 11.6 Å². The summed E-state index contributed by atoms with van der Waals surface area (Å²) in [5.41, 5.74) is 13.5. The van der Waals surface area contributed by atoms with Crippen LogP contribution < -0.4 is 27.0 Å². The zero-order valence-electron chi connectivity index (χ0n) is 29.4. The number of nitrogens with zero attached hydrogens (tertiary/aromatic N) is 4. The minimum absolute atomic E-state index is 0.0882. The molecule has 0 radical (unpaired) electrons. The van der Waals surface area contributed by atoms with E-state index in [1.807, 2.05) is 29.2 Å². The van der Waals surface area contributed by atoms with Gasteiger partial charge in [0, 0.05) is 44.1 Å². The van der Waals surface area contributed by atoms with Crippen LogP contribution in [0.4, 0.5) is 42.0 Å². The van der Waals surface area contributed by atoms with E-state index in [0.717, 1.165) is 24.5 Å². The van der Waals surface area contributed by atoms with Gasteiger partial charge in [-0.15, -0.1) is 0 Å². The Morgan fingerprint density at radius 2 is 1.39 bits per heavy atom. The first kappa shape index (κ1) is 43.6. The van der Waals surface area contributed by atoms with Gasteiger partial charge in [-0.1, -0.05) is 23.7 Å². The highest BCUT2D eigenvalue weighted by molar-refractivity contribution is 6.33. The first-order chi connectivity index (χ1) is 25.9. The molecular formula is C34H44ClF3N8O8. The van der Waals surface area contributed by atoms with Crippen molar-refractivity contribution in [2.45, 2.75) is 12.6 Å². The van der Waals surface area contributed by atoms with Crippen LogP contribution in [0.2, 0.25) is 5.02 Å². The molecule has 1 aliphatic rings. The number of ether oxygens (including phenoxy) is 4. The maximum atomic E-state index is 12.7. The van der Waals surface area contributed by atoms with Gasteiger partial charge in [0.2, 0.25) is 11.9 Å². The standard InChI is InChI=1S/C32H43ClN8O6.C2HF3O2/c33-27-23-36-32(39-31(27)38-28-4-2-1-3-26(28)30(35)43)37-24-5-7-25(8-6-24)40-11-13-41(14-12-40)29(42)9-15-44-17-19-46-21-22-47-20-18-45-16-10-34;3-2(4,5)1(6)7/h1-8,23H,9-22,34H2,(H2,35,43)(H2,36,37,38,39);(H,6,7). The van der Waals surface area contributed by atoms with Crippen molar-refractivity contribution in [2.24, 2.45) is 11.5 Å². The van der Waals surface area contributed by atoms with Crippen LogP contribution in [0.1, 0.15) is 16.8 Å². The number of carbonyl (C=O) groups is 3. The topological polar surface area (TPSA) is 217 Å². The first-order valence-electron chi connectivity index (χ1n) is 16.8. The number of amides is 2. The van der Waals surface area contributed by atoms with E-state index in [1.165, 1.54) is 6.20 Å². The Morgan fingerprint density at radius 3 is 1.94 bits per heavy atom. The fourth-order valence-electron chi connectivity index (χ4n) is 4.71. The van der Waals surface area contributed by atoms with Crippen LogP contribution in [0.5, 0.6) is 0 Å². The lowest BCUT2D eigenvalue weighted by atomic mass is 10.1. The number of alkyl halides is 3. The van der Waals surface area contributed by atoms with E-state index in [4.69, 9.17) is 51.9 Å². The summed E-state index contributed by atoms with van der Waals surface area (Å²) >= 11 is 6.31. The Hall–Kier alpha value is -4.79. The zero-order chi connectivity index (χ0) is 39.3. The van der Waals surface area contributed by atoms with E-state index in [1.54, 1.807) is 24.3 Å². The van der Waals surface area contributed by atoms with Crippen LogP contribution in [0, 0.1) is 0 Å². The largest absolute Gasteiger partial charge is 0.490 e. The summed E-state index contributed by atoms with van der Waals surface area (Å²) in [6.45, 7) is 7.05. The number of primary amides is 1. The second-order valence-electron chi connectivity index (χ2n) is 11.3. The highest BCUT2D eigenvalue weighted by atomic mass is 35.5. The number of rotatable bonds is 20. The molecule has 20 heteroatoms. The van der Waals surface area contributed by atoms with Crippen LogP contribution in [-0.4, -0.2) is 130 Å². The van der Waals surface area contributed by atoms with Crippen molar-refractivity contribution in [3.05, 3.63) is 65.3 Å². The van der Waals surface area contributed by atoms with Crippen molar-refractivity contribution < 1.29 is 51.6 Å². The number of benzene rings is 2. The van der Waals surface area contributed by atoms with E-state index in [9.17, 15) is 22.8 Å². The maximum Gasteiger partial charge on any atom is 0.490 e. The number of aromatic nitrogens is 2. The molecule has 0 atom stereocenters. The van der Waals surface area contributed by atoms with Crippen LogP contribution in [0.15, 0.2) is 54.7 Å². The van der Waals surface area contributed by atoms with E-state index in [0.29, 0.717) is 107 Å². The molecule has 7 N–H and O–H groups in total. The number of carbonyl (C=O) groups excluding carboxylic acids is 2. The third-order valence-electron chi connectivity index (χ3n) is 7.39. The molecule has 1 saturated heterocycles. The highest BCUT2D eigenvalue weighted by Crippen LogP contribution is 2.27. The summed E-state index contributed by atoms with van der Waals surface area (Å²) in [7, 11) is 0. The van der Waals surface area contributed by atoms with Crippen molar-refractivity contribution >= 4 is 58.2 Å². The molecule has 2 aromatic carbocycles. The van der Waals surface area contributed by atoms with Gasteiger partial charge in [-0.05, 0) is 36.4 Å². The lowest BCUT2D eigenvalue weighted by molar-refractivity contribution is -0.192. The number of carboxylic acid groups (broad SMARTS) is 1. The third kappa shape index (κ3) is 15.7. The number of nitrogens with one attached hydrogen (secondary N) is 2. The minimum Gasteiger partial charge on any atom is -0.475 e. The molecule has 296 valence electrons. The van der Waals surface area contributed by atoms with Crippen molar-refractivity contribution in [2.75, 3.05) is 101 Å². The molecular weight excluding hydrogens is 741 g/mol. The number of aliphatic carboxylic acids is 1. The molecule has 1 aliphatic heterocycles. The highest BCUT2D eigenvalue weighted by Gasteiger charge is 2.38. The Morgan fingerprint density at radius 1 is 0.833 bits per heavy atom. The zero-order valence-corrected chi connectivity index (χ0v) is 30.1. The average Bonchev–Trinajstić information content (AvgIpc) is 3.15. The summed E-state index contributed by atoms with van der Waals surface area (Å²) in [6.07, 6.45) is -3.27. The summed E-state index contributed by atoms with van der Waals surface area (Å²) in [5.74, 6) is -2.57. The van der Waals surface area contributed by atoms with Gasteiger partial charge in [-0.2, -0.15) is 18.2 Å². The average molecular weight is 785 g/mol. The van der Waals surface area contributed by atoms with Crippen LogP contribution in [0.25, 0.3) is 0 Å². The molecule has 0 aliphatic carbocycles. The van der Waals surface area contributed by atoms with Gasteiger partial charge in [-0.25, -0.2) is 9.78 Å². The Bertz CT molecular complexity index is 1620. The molecule has 1 aromatic heterocycles. The second kappa shape index (κ2) is 23.1. The van der Waals surface area contributed by atoms with Crippen LogP contribution in [0.3, 0.4) is 0 Å². The molecule has 0 unspecified atom stereocenters. The number of hydrogen-bond acceptors (Lipinski definition) is 13. The predicted molar refractivity (Wildman–Crippen MR) is 194 cm³/mol. The molecule has 1 fully saturated rings. The SMILES string of the molecule is NCCOCCOCCOCCOCCC(=O)N1CCN(c2ccc(Nc3ncc(Cl)c(Nc4ccccc4C(N)=O)n3)cc2)CC1.O=C(O)C(F)(F)F. The normalized spacial score (nSPS) is 12.8. The lowest BCUT2D eigenvalue weighted by Gasteiger charge is -2.36. The molecule has 0 bridgehead atoms. The quantitative estimate of drug-likeness (QED) is 0.104. The number of hydrogen-bond donors (Lipinski definition) is 5. The number of para-hydroxylation sites is 1. The van der Waals surface area contributed by atoms with Gasteiger partial charge >= 0.3 is 12.1 Å². The molecule has 2 amide bonds. The Balaban J connectivity index is 0.00000102. The molecule has 3 aromatic rings. The summed E-state index contributed by atoms with van der Waals surface area (Å²) < 4.78 is 53.4. The fourth-order valence-corrected chi connectivity index (χ4v) is 4.85. The number of carboxylic acids is 1. The molecule has 2 heterocycles. The Labute approximate surface area is 314 Å². The summed E-state index contributed by atoms with van der Waals surface area (Å²) in [6, 6.07) is 14.7. The van der Waals surface area contributed by atoms with E-state index in [2.05, 4.69) is 25.5 Å². The molecule has 16 nitrogen and oxygen atoms in total. The Kier molecular flexibility index (Phi) is 18.7. The van der Waals surface area contributed by atoms with Gasteiger partial charge in [0.15, 0.2) is 5.82 Å². The predicted octanol–water partition coefficient (Wildman–Crippen LogP) is 3.41. The van der Waals surface area contributed by atoms with Crippen molar-refractivity contribution in [3.63, 3.8) is 0 Å². The minimum atomic E-state index is -5.08. The monoisotopic (exact) mass is 784 g/mol. The van der Waals surface area contributed by atoms with Gasteiger partial charge in [0.25, 0.3) is 5.91 Å². The summed E-state index contributed by atoms with van der Waals surface area (Å²) in [4.78, 5) is 46.2. The third-order valence-corrected chi connectivity index (χ3v) is 7.67. The van der Waals surface area contributed by atoms with E-state index < -0.39 is 18.1 Å². The number of halogens is 4. The van der Waals surface area contributed by atoms with Gasteiger partial charge in [-0.3, -0.25) is 9.59 Å². The molecule has 54 heavy (non-hydrogen) atoms. The molecule has 4 rings (SSSR count). The van der Waals surface area contributed by atoms with Crippen LogP contribution in [-0.2, 0) is 28.5 Å². The number of piperazine rings is 1. The smallest absolute Gasteiger partial charge is 0.475 e. The van der Waals surface area contributed by atoms with Crippen molar-refractivity contribution in [3.8, 4) is 0 Å². The summed E-state index contributed by atoms with van der Waals surface area (Å²) in [5, 5.41) is 13.7. The lowest BCUT2D eigenvalue weighted by Crippen LogP contribution is -2.49. The van der Waals surface area contributed by atoms with Crippen molar-refractivity contribution in [1.29, 1.82) is 0 Å². The number of anilines is 5. The first-order valence-corrected chi connectivity index (χ1v) is 17.2. The number of nitrogens with two attached hydrogens (primary N) is 2. The fraction of sp³-hybridized carbons (Fsp3) is 0.441. The van der Waals surface area contributed by atoms with Gasteiger partial charge in [0.1, 0.15) is 5.02 Å². The maximum absolute atomic E-state index is 12.7. The van der Waals surface area contributed by atoms with Gasteiger partial charge < -0.3 is 56.0 Å². The van der Waals surface area contributed by atoms with Crippen molar-refractivity contribution in [1.82, 2.24) is 14.9 Å². The second-order valence-corrected chi connectivity index (χ2v) is 11.7. The van der Waals surface area contributed by atoms with E-state index in [-0.39, 0.29) is 5.91 Å². The van der Waals surface area contributed by atoms with E-state index >= 15 is 0 Å². The molecule has 0 spiro atoms.